The minimum absolute atomic E-state index is 0.113. The highest BCUT2D eigenvalue weighted by Crippen LogP contribution is 2.50. The van der Waals surface area contributed by atoms with Crippen LogP contribution < -0.4 is 0 Å². The van der Waals surface area contributed by atoms with Gasteiger partial charge in [-0.1, -0.05) is 52.0 Å². The maximum absolute atomic E-state index is 8.69. The summed E-state index contributed by atoms with van der Waals surface area (Å²) in [6, 6.07) is 14.4. The van der Waals surface area contributed by atoms with Crippen LogP contribution in [0.4, 0.5) is 0 Å². The standard InChI is InChI=1S/C25H24N2/c1-15(2)12-16-13-17-9-11-27-24-19-7-8-21-18(6-5-10-26-21)23(19)25(3,4)20(14-16)22(17)24/h5-11,13-15H,12H2,1-4H3/i12D2. The predicted molar refractivity (Wildman–Crippen MR) is 113 cm³/mol. The molecule has 0 bridgehead atoms. The van der Waals surface area contributed by atoms with Crippen LogP contribution in [-0.4, -0.2) is 9.97 Å². The topological polar surface area (TPSA) is 25.8 Å². The molecule has 0 spiro atoms. The Labute approximate surface area is 163 Å². The molecule has 1 aliphatic carbocycles. The summed E-state index contributed by atoms with van der Waals surface area (Å²) in [5.74, 6) is -0.113. The Kier molecular flexibility index (Phi) is 2.99. The van der Waals surface area contributed by atoms with Gasteiger partial charge in [-0.25, -0.2) is 0 Å². The normalized spacial score (nSPS) is 16.3. The Morgan fingerprint density at radius 1 is 1.04 bits per heavy atom. The molecule has 0 unspecified atom stereocenters. The fourth-order valence-corrected chi connectivity index (χ4v) is 4.59. The van der Waals surface area contributed by atoms with Gasteiger partial charge in [-0.2, -0.15) is 0 Å². The van der Waals surface area contributed by atoms with Gasteiger partial charge < -0.3 is 0 Å². The summed E-state index contributed by atoms with van der Waals surface area (Å²) < 4.78 is 17.4. The summed E-state index contributed by atoms with van der Waals surface area (Å²) >= 11 is 0. The number of nitrogens with zero attached hydrogens (tertiary/aromatic N) is 2. The fourth-order valence-electron chi connectivity index (χ4n) is 4.59. The third-order valence-corrected chi connectivity index (χ3v) is 5.66. The molecule has 2 heteroatoms. The van der Waals surface area contributed by atoms with E-state index in [1.165, 1.54) is 5.56 Å². The molecule has 0 saturated heterocycles. The number of aromatic nitrogens is 2. The van der Waals surface area contributed by atoms with Crippen LogP contribution in [-0.2, 0) is 11.8 Å². The molecular weight excluding hydrogens is 328 g/mol. The first kappa shape index (κ1) is 14.3. The molecule has 2 heterocycles. The summed E-state index contributed by atoms with van der Waals surface area (Å²) in [6.07, 6.45) is 2.27. The number of rotatable bonds is 2. The summed E-state index contributed by atoms with van der Waals surface area (Å²) in [5, 5.41) is 3.32. The Bertz CT molecular complexity index is 1290. The lowest BCUT2D eigenvalue weighted by molar-refractivity contribution is 0.633. The van der Waals surface area contributed by atoms with Crippen molar-refractivity contribution in [1.82, 2.24) is 9.97 Å². The van der Waals surface area contributed by atoms with E-state index in [0.717, 1.165) is 44.1 Å². The van der Waals surface area contributed by atoms with Crippen molar-refractivity contribution in [3.63, 3.8) is 0 Å². The molecule has 134 valence electrons. The molecular formula is C25H24N2. The molecule has 0 atom stereocenters. The van der Waals surface area contributed by atoms with Gasteiger partial charge in [0, 0.05) is 36.9 Å². The first-order valence-corrected chi connectivity index (χ1v) is 9.55. The SMILES string of the molecule is [2H]C([2H])(c1cc2c3c(nccc3c1)-c1ccc3ncccc3c1C2(C)C)C(C)C. The van der Waals surface area contributed by atoms with Gasteiger partial charge in [0.15, 0.2) is 0 Å². The van der Waals surface area contributed by atoms with Crippen LogP contribution in [0.1, 0.15) is 47.1 Å². The zero-order valence-corrected chi connectivity index (χ0v) is 16.2. The maximum Gasteiger partial charge on any atom is 0.0786 e. The number of hydrogen-bond acceptors (Lipinski definition) is 2. The minimum atomic E-state index is -1.40. The fraction of sp³-hybridized carbons (Fsp3) is 0.280. The van der Waals surface area contributed by atoms with E-state index in [2.05, 4.69) is 43.1 Å². The van der Waals surface area contributed by atoms with Crippen LogP contribution in [0, 0.1) is 5.92 Å². The third kappa shape index (κ3) is 2.32. The first-order valence-electron chi connectivity index (χ1n) is 10.5. The second-order valence-electron chi connectivity index (χ2n) is 8.26. The monoisotopic (exact) mass is 354 g/mol. The summed E-state index contributed by atoms with van der Waals surface area (Å²) in [4.78, 5) is 9.32. The van der Waals surface area contributed by atoms with Crippen molar-refractivity contribution in [2.24, 2.45) is 5.92 Å². The van der Waals surface area contributed by atoms with Crippen LogP contribution in [0.15, 0.2) is 54.9 Å². The maximum atomic E-state index is 8.69. The van der Waals surface area contributed by atoms with E-state index in [4.69, 9.17) is 7.73 Å². The summed E-state index contributed by atoms with van der Waals surface area (Å²) in [7, 11) is 0. The van der Waals surface area contributed by atoms with E-state index in [9.17, 15) is 0 Å². The molecule has 0 radical (unpaired) electrons. The zero-order valence-electron chi connectivity index (χ0n) is 18.2. The van der Waals surface area contributed by atoms with Gasteiger partial charge >= 0.3 is 0 Å². The van der Waals surface area contributed by atoms with Crippen LogP contribution >= 0.6 is 0 Å². The highest BCUT2D eigenvalue weighted by molar-refractivity contribution is 6.05. The largest absolute Gasteiger partial charge is 0.256 e. The van der Waals surface area contributed by atoms with Crippen molar-refractivity contribution in [1.29, 1.82) is 0 Å². The van der Waals surface area contributed by atoms with Crippen molar-refractivity contribution in [2.75, 3.05) is 0 Å². The average molecular weight is 354 g/mol. The van der Waals surface area contributed by atoms with Gasteiger partial charge in [0.1, 0.15) is 0 Å². The van der Waals surface area contributed by atoms with E-state index < -0.39 is 6.37 Å². The minimum Gasteiger partial charge on any atom is -0.256 e. The van der Waals surface area contributed by atoms with Gasteiger partial charge in [0.25, 0.3) is 0 Å². The van der Waals surface area contributed by atoms with Gasteiger partial charge in [-0.05, 0) is 52.6 Å². The van der Waals surface area contributed by atoms with E-state index in [0.29, 0.717) is 0 Å². The van der Waals surface area contributed by atoms with Crippen LogP contribution in [0.5, 0.6) is 0 Å². The molecule has 0 saturated carbocycles. The Morgan fingerprint density at radius 3 is 2.70 bits per heavy atom. The first-order chi connectivity index (χ1) is 13.7. The predicted octanol–water partition coefficient (Wildman–Crippen LogP) is 6.29. The third-order valence-electron chi connectivity index (χ3n) is 5.66. The second-order valence-corrected chi connectivity index (χ2v) is 8.26. The van der Waals surface area contributed by atoms with Gasteiger partial charge in [0.05, 0.1) is 11.2 Å². The smallest absolute Gasteiger partial charge is 0.0786 e. The van der Waals surface area contributed by atoms with E-state index in [-0.39, 0.29) is 11.3 Å². The van der Waals surface area contributed by atoms with E-state index in [1.807, 2.05) is 44.4 Å². The molecule has 0 fully saturated rings. The molecule has 2 nitrogen and oxygen atoms in total. The van der Waals surface area contributed by atoms with E-state index in [1.54, 1.807) is 0 Å². The van der Waals surface area contributed by atoms with Crippen LogP contribution in [0.3, 0.4) is 0 Å². The van der Waals surface area contributed by atoms with Gasteiger partial charge in [-0.3, -0.25) is 9.97 Å². The van der Waals surface area contributed by atoms with E-state index >= 15 is 0 Å². The molecule has 27 heavy (non-hydrogen) atoms. The Hall–Kier alpha value is -2.74. The molecule has 0 N–H and O–H groups in total. The van der Waals surface area contributed by atoms with Crippen molar-refractivity contribution < 1.29 is 2.74 Å². The molecule has 2 aromatic heterocycles. The number of benzene rings is 2. The second kappa shape index (κ2) is 5.63. The lowest BCUT2D eigenvalue weighted by Gasteiger charge is -2.36. The molecule has 0 amide bonds. The number of hydrogen-bond donors (Lipinski definition) is 0. The van der Waals surface area contributed by atoms with Crippen molar-refractivity contribution in [2.45, 2.75) is 39.5 Å². The van der Waals surface area contributed by atoms with Gasteiger partial charge in [0.2, 0.25) is 0 Å². The zero-order chi connectivity index (χ0) is 20.6. The molecule has 2 aromatic carbocycles. The van der Waals surface area contributed by atoms with Gasteiger partial charge in [-0.15, -0.1) is 0 Å². The average Bonchev–Trinajstić information content (AvgIpc) is 2.70. The Balaban J connectivity index is 1.94. The van der Waals surface area contributed by atoms with Crippen molar-refractivity contribution in [3.8, 4) is 11.3 Å². The summed E-state index contributed by atoms with van der Waals surface area (Å²) in [5.41, 5.74) is 5.90. The molecule has 1 aliphatic rings. The van der Waals surface area contributed by atoms with Crippen molar-refractivity contribution in [3.05, 3.63) is 71.5 Å². The summed E-state index contributed by atoms with van der Waals surface area (Å²) in [6.45, 7) is 8.34. The number of fused-ring (bicyclic) bond motifs is 4. The van der Waals surface area contributed by atoms with Crippen LogP contribution in [0.2, 0.25) is 0 Å². The molecule has 4 aromatic rings. The molecule has 0 aliphatic heterocycles. The highest BCUT2D eigenvalue weighted by atomic mass is 14.7. The quantitative estimate of drug-likeness (QED) is 0.423. The lowest BCUT2D eigenvalue weighted by Crippen LogP contribution is -2.25. The Morgan fingerprint density at radius 2 is 1.89 bits per heavy atom. The number of pyridine rings is 2. The van der Waals surface area contributed by atoms with Crippen molar-refractivity contribution >= 4 is 21.7 Å². The molecule has 5 rings (SSSR count). The van der Waals surface area contributed by atoms with Crippen LogP contribution in [0.25, 0.3) is 32.9 Å². The highest BCUT2D eigenvalue weighted by Gasteiger charge is 2.36. The lowest BCUT2D eigenvalue weighted by atomic mass is 9.68.